The summed E-state index contributed by atoms with van der Waals surface area (Å²) in [6.07, 6.45) is 6.52. The molecule has 0 bridgehead atoms. The molecule has 0 saturated heterocycles. The number of hydrogen-bond donors (Lipinski definition) is 0. The summed E-state index contributed by atoms with van der Waals surface area (Å²) >= 11 is 0. The van der Waals surface area contributed by atoms with E-state index in [9.17, 15) is 4.79 Å². The molecule has 2 aliphatic rings. The molecule has 0 unspecified atom stereocenters. The molecule has 0 amide bonds. The average molecular weight is 533 g/mol. The van der Waals surface area contributed by atoms with Crippen LogP contribution >= 0.6 is 0 Å². The fraction of sp³-hybridized carbons (Fsp3) is 0.188. The lowest BCUT2D eigenvalue weighted by molar-refractivity contribution is -0.191. The average Bonchev–Trinajstić information content (AvgIpc) is 3.58. The van der Waals surface area contributed by atoms with Gasteiger partial charge in [0.05, 0.1) is 34.2 Å². The molecule has 40 heavy (non-hydrogen) atoms. The molecule has 0 atom stereocenters. The molecule has 0 fully saturated rings. The number of carbonyl (C=O) groups is 1. The highest BCUT2D eigenvalue weighted by atomic mass is 16.5. The third-order valence-corrected chi connectivity index (χ3v) is 6.62. The van der Waals surface area contributed by atoms with Gasteiger partial charge in [0, 0.05) is 25.2 Å². The van der Waals surface area contributed by atoms with E-state index in [1.54, 1.807) is 6.20 Å². The quantitative estimate of drug-likeness (QED) is 0.307. The molecular formula is C32H28N4O4. The van der Waals surface area contributed by atoms with Crippen LogP contribution in [-0.2, 0) is 33.6 Å². The van der Waals surface area contributed by atoms with Crippen molar-refractivity contribution < 1.29 is 19.1 Å². The van der Waals surface area contributed by atoms with Crippen molar-refractivity contribution in [2.24, 2.45) is 9.98 Å². The summed E-state index contributed by atoms with van der Waals surface area (Å²) in [5, 5.41) is 0. The van der Waals surface area contributed by atoms with Crippen LogP contribution in [0.1, 0.15) is 46.1 Å². The summed E-state index contributed by atoms with van der Waals surface area (Å²) in [6.45, 7) is 6.70. The lowest BCUT2D eigenvalue weighted by Crippen LogP contribution is -2.02. The number of aliphatic imine (C=N–C) groups is 2. The number of fused-ring (bicyclic) bond motifs is 2. The van der Waals surface area contributed by atoms with Gasteiger partial charge in [-0.05, 0) is 90.6 Å². The minimum absolute atomic E-state index is 0.250. The van der Waals surface area contributed by atoms with Crippen molar-refractivity contribution in [3.8, 4) is 5.75 Å². The molecule has 2 aromatic carbocycles. The first kappa shape index (κ1) is 28.0. The maximum atomic E-state index is 10.5. The van der Waals surface area contributed by atoms with Gasteiger partial charge in [-0.15, -0.1) is 0 Å². The Balaban J connectivity index is 0.000000169. The SMILES string of the molecule is CCc1cc2c(cc1C)N=C(c1ccccn1)C2.Cc1cc2c(cc1OC=O)CC(c1ccccn1)=N2.O=C=O. The van der Waals surface area contributed by atoms with E-state index in [-0.39, 0.29) is 6.15 Å². The van der Waals surface area contributed by atoms with Gasteiger partial charge in [0.1, 0.15) is 5.75 Å². The van der Waals surface area contributed by atoms with E-state index in [0.29, 0.717) is 18.6 Å². The molecule has 4 aromatic rings. The monoisotopic (exact) mass is 532 g/mol. The van der Waals surface area contributed by atoms with E-state index in [2.05, 4.69) is 40.9 Å². The number of pyridine rings is 2. The molecule has 4 heterocycles. The van der Waals surface area contributed by atoms with E-state index in [1.807, 2.05) is 61.7 Å². The summed E-state index contributed by atoms with van der Waals surface area (Å²) in [5.41, 5.74) is 12.0. The lowest BCUT2D eigenvalue weighted by Gasteiger charge is -2.05. The van der Waals surface area contributed by atoms with Gasteiger partial charge >= 0.3 is 6.15 Å². The van der Waals surface area contributed by atoms with Gasteiger partial charge in [0.15, 0.2) is 0 Å². The second-order valence-electron chi connectivity index (χ2n) is 9.21. The maximum Gasteiger partial charge on any atom is 0.373 e. The fourth-order valence-corrected chi connectivity index (χ4v) is 4.65. The molecule has 8 nitrogen and oxygen atoms in total. The number of aromatic nitrogens is 2. The van der Waals surface area contributed by atoms with E-state index < -0.39 is 0 Å². The predicted molar refractivity (Wildman–Crippen MR) is 152 cm³/mol. The van der Waals surface area contributed by atoms with Crippen LogP contribution in [0.2, 0.25) is 0 Å². The Labute approximate surface area is 232 Å². The van der Waals surface area contributed by atoms with E-state index in [0.717, 1.165) is 58.2 Å². The summed E-state index contributed by atoms with van der Waals surface area (Å²) in [7, 11) is 0. The zero-order chi connectivity index (χ0) is 28.5. The second kappa shape index (κ2) is 13.1. The van der Waals surface area contributed by atoms with Gasteiger partial charge in [0.25, 0.3) is 6.47 Å². The van der Waals surface area contributed by atoms with Crippen LogP contribution in [-0.4, -0.2) is 34.0 Å². The van der Waals surface area contributed by atoms with Gasteiger partial charge in [-0.1, -0.05) is 25.1 Å². The number of ether oxygens (including phenoxy) is 1. The Kier molecular flexibility index (Phi) is 9.18. The third kappa shape index (κ3) is 6.49. The molecule has 0 saturated carbocycles. The minimum Gasteiger partial charge on any atom is -0.428 e. The van der Waals surface area contributed by atoms with Gasteiger partial charge in [-0.3, -0.25) is 24.7 Å². The van der Waals surface area contributed by atoms with Crippen LogP contribution in [0.4, 0.5) is 11.4 Å². The van der Waals surface area contributed by atoms with Crippen LogP contribution in [0.15, 0.2) is 83.0 Å². The van der Waals surface area contributed by atoms with E-state index >= 15 is 0 Å². The second-order valence-corrected chi connectivity index (χ2v) is 9.21. The summed E-state index contributed by atoms with van der Waals surface area (Å²) in [4.78, 5) is 44.7. The number of nitrogens with zero attached hydrogens (tertiary/aromatic N) is 4. The zero-order valence-electron chi connectivity index (χ0n) is 22.5. The summed E-state index contributed by atoms with van der Waals surface area (Å²) in [5.74, 6) is 0.589. The number of aryl methyl sites for hydroxylation is 3. The Morgan fingerprint density at radius 2 is 1.32 bits per heavy atom. The minimum atomic E-state index is 0.250. The highest BCUT2D eigenvalue weighted by Crippen LogP contribution is 2.34. The molecule has 0 spiro atoms. The predicted octanol–water partition coefficient (Wildman–Crippen LogP) is 5.65. The van der Waals surface area contributed by atoms with E-state index in [1.165, 1.54) is 16.7 Å². The molecule has 2 aliphatic heterocycles. The van der Waals surface area contributed by atoms with Crippen molar-refractivity contribution in [2.75, 3.05) is 0 Å². The number of carbonyl (C=O) groups excluding carboxylic acids is 3. The van der Waals surface area contributed by atoms with Crippen LogP contribution in [0.25, 0.3) is 0 Å². The topological polar surface area (TPSA) is 111 Å². The van der Waals surface area contributed by atoms with Crippen molar-refractivity contribution in [2.45, 2.75) is 40.0 Å². The Hall–Kier alpha value is -5.07. The van der Waals surface area contributed by atoms with Crippen LogP contribution in [0, 0.1) is 13.8 Å². The van der Waals surface area contributed by atoms with Crippen molar-refractivity contribution in [1.29, 1.82) is 0 Å². The van der Waals surface area contributed by atoms with Crippen LogP contribution in [0.3, 0.4) is 0 Å². The van der Waals surface area contributed by atoms with Crippen molar-refractivity contribution in [3.63, 3.8) is 0 Å². The van der Waals surface area contributed by atoms with Crippen molar-refractivity contribution >= 4 is 35.4 Å². The molecule has 6 rings (SSSR count). The van der Waals surface area contributed by atoms with Gasteiger partial charge in [-0.25, -0.2) is 0 Å². The summed E-state index contributed by atoms with van der Waals surface area (Å²) in [6, 6.07) is 20.0. The standard InChI is InChI=1S/C16H16N2.C15H12N2O2.CO2/c1-3-12-9-13-10-16(14-6-4-5-7-17-14)18-15(13)8-11(12)2;1-10-6-13-11(8-15(10)19-9-18)7-14(17-13)12-4-2-3-5-16-12;2-1-3/h4-9H,3,10H2,1-2H3;2-6,8-9H,7H2,1H3;. The molecular weight excluding hydrogens is 504 g/mol. The molecule has 0 radical (unpaired) electrons. The smallest absolute Gasteiger partial charge is 0.373 e. The highest BCUT2D eigenvalue weighted by molar-refractivity contribution is 6.06. The normalized spacial score (nSPS) is 12.3. The first-order valence-electron chi connectivity index (χ1n) is 12.8. The van der Waals surface area contributed by atoms with Crippen LogP contribution in [0.5, 0.6) is 5.75 Å². The van der Waals surface area contributed by atoms with Crippen molar-refractivity contribution in [3.05, 3.63) is 112 Å². The third-order valence-electron chi connectivity index (χ3n) is 6.62. The summed E-state index contributed by atoms with van der Waals surface area (Å²) < 4.78 is 4.96. The van der Waals surface area contributed by atoms with Gasteiger partial charge in [0.2, 0.25) is 0 Å². The van der Waals surface area contributed by atoms with Crippen LogP contribution < -0.4 is 4.74 Å². The highest BCUT2D eigenvalue weighted by Gasteiger charge is 2.19. The Bertz CT molecular complexity index is 1610. The molecule has 0 N–H and O–H groups in total. The Morgan fingerprint density at radius 1 is 0.800 bits per heavy atom. The maximum absolute atomic E-state index is 10.5. The largest absolute Gasteiger partial charge is 0.428 e. The fourth-order valence-electron chi connectivity index (χ4n) is 4.65. The number of rotatable bonds is 5. The zero-order valence-corrected chi connectivity index (χ0v) is 22.5. The van der Waals surface area contributed by atoms with Gasteiger partial charge < -0.3 is 4.74 Å². The molecule has 2 aromatic heterocycles. The molecule has 8 heteroatoms. The van der Waals surface area contributed by atoms with Gasteiger partial charge in [-0.2, -0.15) is 9.59 Å². The molecule has 0 aliphatic carbocycles. The Morgan fingerprint density at radius 3 is 1.80 bits per heavy atom. The molecule has 200 valence electrons. The number of hydrogen-bond acceptors (Lipinski definition) is 8. The lowest BCUT2D eigenvalue weighted by atomic mass is 9.99. The first-order valence-corrected chi connectivity index (χ1v) is 12.8. The first-order chi connectivity index (χ1) is 19.5. The van der Waals surface area contributed by atoms with E-state index in [4.69, 9.17) is 19.3 Å². The van der Waals surface area contributed by atoms with Crippen molar-refractivity contribution in [1.82, 2.24) is 9.97 Å². The number of benzene rings is 2.